The highest BCUT2D eigenvalue weighted by Crippen LogP contribution is 2.13. The van der Waals surface area contributed by atoms with E-state index >= 15 is 0 Å². The number of nitrogens with one attached hydrogen (secondary N) is 1. The van der Waals surface area contributed by atoms with Gasteiger partial charge in [0.15, 0.2) is 5.12 Å². The van der Waals surface area contributed by atoms with Gasteiger partial charge < -0.3 is 16.2 Å². The van der Waals surface area contributed by atoms with E-state index in [1.165, 1.54) is 18.7 Å². The summed E-state index contributed by atoms with van der Waals surface area (Å²) in [5, 5.41) is 9.90. The van der Waals surface area contributed by atoms with Gasteiger partial charge in [0.2, 0.25) is 5.91 Å². The van der Waals surface area contributed by atoms with Gasteiger partial charge in [0.25, 0.3) is 0 Å². The third-order valence-corrected chi connectivity index (χ3v) is 3.40. The van der Waals surface area contributed by atoms with Crippen LogP contribution in [0.1, 0.15) is 12.5 Å². The summed E-state index contributed by atoms with van der Waals surface area (Å²) in [6, 6.07) is 9.10. The Morgan fingerprint density at radius 1 is 1.24 bits per heavy atom. The summed E-state index contributed by atoms with van der Waals surface area (Å²) < 4.78 is 31.7. The summed E-state index contributed by atoms with van der Waals surface area (Å²) in [6.45, 7) is 1.97. The van der Waals surface area contributed by atoms with Crippen LogP contribution in [0.5, 0.6) is 0 Å². The Labute approximate surface area is 147 Å². The Balaban J connectivity index is 0.000000697. The number of thioether (sulfide) groups is 1. The number of carboxylic acids is 1. The number of carboxylic acid groups (broad SMARTS) is 1. The molecule has 6 nitrogen and oxygen atoms in total. The van der Waals surface area contributed by atoms with Crippen molar-refractivity contribution in [1.29, 1.82) is 0 Å². The van der Waals surface area contributed by atoms with Crippen molar-refractivity contribution in [3.8, 4) is 0 Å². The zero-order chi connectivity index (χ0) is 19.5. The number of hydrogen-bond acceptors (Lipinski definition) is 5. The highest BCUT2D eigenvalue weighted by atomic mass is 32.2. The van der Waals surface area contributed by atoms with Crippen LogP contribution < -0.4 is 11.1 Å². The van der Waals surface area contributed by atoms with Crippen molar-refractivity contribution in [3.63, 3.8) is 0 Å². The van der Waals surface area contributed by atoms with Gasteiger partial charge in [-0.25, -0.2) is 4.79 Å². The lowest BCUT2D eigenvalue weighted by atomic mass is 10.1. The molecule has 0 aliphatic heterocycles. The van der Waals surface area contributed by atoms with Gasteiger partial charge in [0.1, 0.15) is 0 Å². The zero-order valence-electron chi connectivity index (χ0n) is 13.4. The Morgan fingerprint density at radius 3 is 2.20 bits per heavy atom. The molecule has 1 atom stereocenters. The van der Waals surface area contributed by atoms with Gasteiger partial charge in [-0.15, -0.1) is 0 Å². The lowest BCUT2D eigenvalue weighted by molar-refractivity contribution is -0.192. The van der Waals surface area contributed by atoms with Crippen molar-refractivity contribution in [2.24, 2.45) is 5.73 Å². The lowest BCUT2D eigenvalue weighted by Crippen LogP contribution is -2.42. The monoisotopic (exact) mass is 380 g/mol. The largest absolute Gasteiger partial charge is 0.490 e. The molecule has 1 amide bonds. The summed E-state index contributed by atoms with van der Waals surface area (Å²) in [5.41, 5.74) is 6.85. The number of halogens is 3. The third-order valence-electron chi connectivity index (χ3n) is 2.58. The molecule has 0 radical (unpaired) electrons. The van der Waals surface area contributed by atoms with Crippen molar-refractivity contribution < 1.29 is 32.7 Å². The van der Waals surface area contributed by atoms with Crippen LogP contribution in [0.3, 0.4) is 0 Å². The van der Waals surface area contributed by atoms with Crippen LogP contribution in [-0.4, -0.2) is 46.6 Å². The fourth-order valence-corrected chi connectivity index (χ4v) is 1.95. The molecule has 0 aromatic heterocycles. The maximum Gasteiger partial charge on any atom is 0.490 e. The smallest absolute Gasteiger partial charge is 0.475 e. The molecule has 0 saturated heterocycles. The summed E-state index contributed by atoms with van der Waals surface area (Å²) >= 11 is 1.19. The normalized spacial score (nSPS) is 11.7. The molecule has 140 valence electrons. The van der Waals surface area contributed by atoms with Gasteiger partial charge in [0.05, 0.1) is 6.04 Å². The van der Waals surface area contributed by atoms with Crippen LogP contribution in [-0.2, 0) is 20.8 Å². The highest BCUT2D eigenvalue weighted by Gasteiger charge is 2.38. The van der Waals surface area contributed by atoms with E-state index in [1.54, 1.807) is 0 Å². The summed E-state index contributed by atoms with van der Waals surface area (Å²) in [5.74, 6) is -2.35. The SMILES string of the molecule is CC(=O)SCCNC(=O)[C@@H](N)Cc1ccccc1.O=C(O)C(F)(F)F. The minimum atomic E-state index is -5.08. The number of aliphatic carboxylic acids is 1. The molecule has 1 aromatic rings. The fourth-order valence-electron chi connectivity index (χ4n) is 1.46. The fraction of sp³-hybridized carbons (Fsp3) is 0.400. The van der Waals surface area contributed by atoms with Gasteiger partial charge in [-0.2, -0.15) is 13.2 Å². The van der Waals surface area contributed by atoms with Crippen LogP contribution in [0.4, 0.5) is 13.2 Å². The lowest BCUT2D eigenvalue weighted by Gasteiger charge is -2.11. The zero-order valence-corrected chi connectivity index (χ0v) is 14.2. The number of nitrogens with two attached hydrogens (primary N) is 1. The number of carbonyl (C=O) groups is 3. The highest BCUT2D eigenvalue weighted by molar-refractivity contribution is 8.13. The quantitative estimate of drug-likeness (QED) is 0.647. The van der Waals surface area contributed by atoms with Gasteiger partial charge in [-0.3, -0.25) is 9.59 Å². The third kappa shape index (κ3) is 12.0. The van der Waals surface area contributed by atoms with Crippen LogP contribution in [0.15, 0.2) is 30.3 Å². The number of benzene rings is 1. The van der Waals surface area contributed by atoms with Gasteiger partial charge in [-0.1, -0.05) is 42.1 Å². The number of amides is 1. The van der Waals surface area contributed by atoms with E-state index in [0.29, 0.717) is 18.7 Å². The number of alkyl halides is 3. The molecule has 10 heteroatoms. The second-order valence-electron chi connectivity index (χ2n) is 4.73. The van der Waals surface area contributed by atoms with Gasteiger partial charge >= 0.3 is 12.1 Å². The number of rotatable bonds is 6. The first kappa shape index (κ1) is 22.9. The molecule has 1 rings (SSSR count). The molecule has 0 saturated carbocycles. The van der Waals surface area contributed by atoms with E-state index in [-0.39, 0.29) is 11.0 Å². The van der Waals surface area contributed by atoms with Gasteiger partial charge in [-0.05, 0) is 12.0 Å². The minimum absolute atomic E-state index is 0.0535. The summed E-state index contributed by atoms with van der Waals surface area (Å²) in [6.07, 6.45) is -4.56. The van der Waals surface area contributed by atoms with E-state index in [0.717, 1.165) is 5.56 Å². The van der Waals surface area contributed by atoms with Crippen molar-refractivity contribution in [2.45, 2.75) is 25.6 Å². The van der Waals surface area contributed by atoms with Crippen LogP contribution in [0.2, 0.25) is 0 Å². The summed E-state index contributed by atoms with van der Waals surface area (Å²) in [7, 11) is 0. The topological polar surface area (TPSA) is 109 Å². The molecule has 0 bridgehead atoms. The number of hydrogen-bond donors (Lipinski definition) is 3. The second-order valence-corrected chi connectivity index (χ2v) is 6.00. The molecule has 0 heterocycles. The molecule has 0 aliphatic carbocycles. The Morgan fingerprint density at radius 2 is 1.76 bits per heavy atom. The first-order valence-corrected chi connectivity index (χ1v) is 8.03. The van der Waals surface area contributed by atoms with E-state index in [4.69, 9.17) is 15.6 Å². The molecule has 1 aromatic carbocycles. The second kappa shape index (κ2) is 11.5. The maximum atomic E-state index is 11.7. The molecular weight excluding hydrogens is 361 g/mol. The molecule has 0 unspecified atom stereocenters. The van der Waals surface area contributed by atoms with Crippen molar-refractivity contribution in [2.75, 3.05) is 12.3 Å². The molecular formula is C15H19F3N2O4S. The summed E-state index contributed by atoms with van der Waals surface area (Å²) in [4.78, 5) is 31.2. The standard InChI is InChI=1S/C13H18N2O2S.C2HF3O2/c1-10(16)18-8-7-15-13(17)12(14)9-11-5-3-2-4-6-11;3-2(4,5)1(6)7/h2-6,12H,7-9,14H2,1H3,(H,15,17);(H,6,7)/t12-;/m0./s1. The predicted octanol–water partition coefficient (Wildman–Crippen LogP) is 1.59. The van der Waals surface area contributed by atoms with E-state index in [9.17, 15) is 22.8 Å². The van der Waals surface area contributed by atoms with Crippen LogP contribution in [0.25, 0.3) is 0 Å². The Hall–Kier alpha value is -2.07. The first-order valence-electron chi connectivity index (χ1n) is 7.04. The van der Waals surface area contributed by atoms with Crippen LogP contribution in [0, 0.1) is 0 Å². The molecule has 0 fully saturated rings. The minimum Gasteiger partial charge on any atom is -0.475 e. The molecule has 4 N–H and O–H groups in total. The Bertz CT molecular complexity index is 568. The van der Waals surface area contributed by atoms with Crippen LogP contribution >= 0.6 is 11.8 Å². The molecule has 0 aliphatic rings. The van der Waals surface area contributed by atoms with Crippen molar-refractivity contribution in [3.05, 3.63) is 35.9 Å². The van der Waals surface area contributed by atoms with Crippen molar-refractivity contribution in [1.82, 2.24) is 5.32 Å². The predicted molar refractivity (Wildman–Crippen MR) is 88.0 cm³/mol. The van der Waals surface area contributed by atoms with Gasteiger partial charge in [0, 0.05) is 19.2 Å². The van der Waals surface area contributed by atoms with E-state index in [1.807, 2.05) is 30.3 Å². The number of carbonyl (C=O) groups excluding carboxylic acids is 2. The average molecular weight is 380 g/mol. The average Bonchev–Trinajstić information content (AvgIpc) is 2.51. The van der Waals surface area contributed by atoms with E-state index in [2.05, 4.69) is 5.32 Å². The Kier molecular flexibility index (Phi) is 10.5. The maximum absolute atomic E-state index is 11.7. The van der Waals surface area contributed by atoms with Crippen molar-refractivity contribution >= 4 is 28.8 Å². The molecule has 0 spiro atoms. The first-order chi connectivity index (χ1) is 11.5. The molecule has 25 heavy (non-hydrogen) atoms. The van der Waals surface area contributed by atoms with E-state index < -0.39 is 18.2 Å².